The van der Waals surface area contributed by atoms with Crippen LogP contribution < -0.4 is 15.8 Å². The number of benzene rings is 2. The third-order valence-electron chi connectivity index (χ3n) is 5.94. The molecule has 2 aromatic carbocycles. The van der Waals surface area contributed by atoms with Crippen LogP contribution in [0, 0.1) is 5.82 Å². The number of halogens is 3. The Kier molecular flexibility index (Phi) is 7.79. The van der Waals surface area contributed by atoms with Crippen molar-refractivity contribution in [1.82, 2.24) is 15.2 Å². The zero-order chi connectivity index (χ0) is 25.1. The van der Waals surface area contributed by atoms with E-state index in [0.29, 0.717) is 24.4 Å². The van der Waals surface area contributed by atoms with Crippen molar-refractivity contribution < 1.29 is 13.9 Å². The second-order valence-corrected chi connectivity index (χ2v) is 9.60. The summed E-state index contributed by atoms with van der Waals surface area (Å²) < 4.78 is 20.1. The van der Waals surface area contributed by atoms with Gasteiger partial charge >= 0.3 is 0 Å². The molecule has 1 amide bonds. The Morgan fingerprint density at radius 1 is 1.11 bits per heavy atom. The zero-order valence-electron chi connectivity index (χ0n) is 19.5. The van der Waals surface area contributed by atoms with Crippen LogP contribution in [0.2, 0.25) is 10.0 Å². The van der Waals surface area contributed by atoms with Crippen LogP contribution in [0.3, 0.4) is 0 Å². The van der Waals surface area contributed by atoms with E-state index in [-0.39, 0.29) is 52.4 Å². The lowest BCUT2D eigenvalue weighted by atomic mass is 10.0. The number of nitrogens with two attached hydrogens (primary N) is 1. The number of nitrogens with zero attached hydrogens (tertiary/aromatic N) is 2. The van der Waals surface area contributed by atoms with E-state index in [1.165, 1.54) is 6.07 Å². The number of pyridine rings is 1. The number of hydrogen-bond donors (Lipinski definition) is 2. The smallest absolute Gasteiger partial charge is 0.253 e. The number of carbonyl (C=O) groups is 1. The minimum absolute atomic E-state index is 0.00971. The molecule has 0 saturated carbocycles. The molecule has 1 aliphatic rings. The van der Waals surface area contributed by atoms with Crippen molar-refractivity contribution in [2.24, 2.45) is 0 Å². The molecule has 0 radical (unpaired) electrons. The first-order valence-electron chi connectivity index (χ1n) is 11.4. The lowest BCUT2D eigenvalue weighted by molar-refractivity contribution is 0.0674. The molecule has 3 N–H and O–H groups in total. The molecular formula is C26H27Cl2FN4O2. The minimum Gasteiger partial charge on any atom is -0.489 e. The fourth-order valence-electron chi connectivity index (χ4n) is 4.27. The highest BCUT2D eigenvalue weighted by molar-refractivity contribution is 6.33. The number of carbonyl (C=O) groups excluding carboxylic acids is 1. The molecule has 1 saturated heterocycles. The molecule has 0 spiro atoms. The summed E-state index contributed by atoms with van der Waals surface area (Å²) in [5, 5.41) is 3.73. The molecule has 3 aromatic rings. The summed E-state index contributed by atoms with van der Waals surface area (Å²) in [6, 6.07) is 12.6. The predicted molar refractivity (Wildman–Crippen MR) is 138 cm³/mol. The quantitative estimate of drug-likeness (QED) is 0.439. The van der Waals surface area contributed by atoms with Crippen molar-refractivity contribution in [3.8, 4) is 16.9 Å². The highest BCUT2D eigenvalue weighted by atomic mass is 35.5. The van der Waals surface area contributed by atoms with Gasteiger partial charge in [0.2, 0.25) is 0 Å². The van der Waals surface area contributed by atoms with Crippen LogP contribution in [0.25, 0.3) is 11.1 Å². The van der Waals surface area contributed by atoms with E-state index in [2.05, 4.69) is 24.1 Å². The molecular weight excluding hydrogens is 490 g/mol. The second-order valence-electron chi connectivity index (χ2n) is 8.78. The molecule has 6 nitrogen and oxygen atoms in total. The van der Waals surface area contributed by atoms with Gasteiger partial charge in [-0.1, -0.05) is 35.3 Å². The van der Waals surface area contributed by atoms with Gasteiger partial charge in [-0.3, -0.25) is 4.79 Å². The molecule has 0 bridgehead atoms. The molecule has 1 aliphatic heterocycles. The van der Waals surface area contributed by atoms with Gasteiger partial charge in [0.05, 0.1) is 11.6 Å². The van der Waals surface area contributed by atoms with Crippen molar-refractivity contribution >= 4 is 34.9 Å². The van der Waals surface area contributed by atoms with Crippen LogP contribution in [0.1, 0.15) is 29.8 Å². The number of hydrogen-bond acceptors (Lipinski definition) is 5. The summed E-state index contributed by atoms with van der Waals surface area (Å²) >= 11 is 11.9. The number of nitrogens with one attached hydrogen (secondary N) is 1. The van der Waals surface area contributed by atoms with Crippen LogP contribution in [0.5, 0.6) is 5.75 Å². The number of ether oxygens (including phenoxy) is 1. The van der Waals surface area contributed by atoms with Gasteiger partial charge in [-0.05, 0) is 49.7 Å². The van der Waals surface area contributed by atoms with Gasteiger partial charge in [0, 0.05) is 59.5 Å². The normalized spacial score (nSPS) is 17.9. The summed E-state index contributed by atoms with van der Waals surface area (Å²) in [4.78, 5) is 19.1. The average Bonchev–Trinajstić information content (AvgIpc) is 2.84. The van der Waals surface area contributed by atoms with Crippen molar-refractivity contribution in [2.45, 2.75) is 32.4 Å². The van der Waals surface area contributed by atoms with E-state index in [9.17, 15) is 9.18 Å². The molecule has 2 unspecified atom stereocenters. The van der Waals surface area contributed by atoms with Crippen molar-refractivity contribution in [2.75, 3.05) is 25.4 Å². The van der Waals surface area contributed by atoms with Crippen LogP contribution >= 0.6 is 23.2 Å². The van der Waals surface area contributed by atoms with Gasteiger partial charge < -0.3 is 20.7 Å². The van der Waals surface area contributed by atoms with E-state index in [0.717, 1.165) is 11.1 Å². The van der Waals surface area contributed by atoms with E-state index in [4.69, 9.17) is 33.7 Å². The van der Waals surface area contributed by atoms with Crippen LogP contribution in [0.4, 0.5) is 10.2 Å². The number of anilines is 1. The third kappa shape index (κ3) is 5.86. The minimum atomic E-state index is -0.554. The lowest BCUT2D eigenvalue weighted by Crippen LogP contribution is -2.55. The highest BCUT2D eigenvalue weighted by Crippen LogP contribution is 2.29. The van der Waals surface area contributed by atoms with E-state index >= 15 is 0 Å². The molecule has 1 aromatic heterocycles. The van der Waals surface area contributed by atoms with Gasteiger partial charge in [-0.15, -0.1) is 0 Å². The Morgan fingerprint density at radius 2 is 1.77 bits per heavy atom. The van der Waals surface area contributed by atoms with Crippen molar-refractivity contribution in [3.05, 3.63) is 75.7 Å². The number of nitrogen functional groups attached to an aromatic ring is 1. The molecule has 184 valence electrons. The van der Waals surface area contributed by atoms with E-state index in [1.54, 1.807) is 18.3 Å². The number of rotatable bonds is 6. The van der Waals surface area contributed by atoms with Gasteiger partial charge in [0.15, 0.2) is 11.6 Å². The largest absolute Gasteiger partial charge is 0.489 e. The first kappa shape index (κ1) is 25.2. The Labute approximate surface area is 214 Å². The van der Waals surface area contributed by atoms with E-state index < -0.39 is 5.82 Å². The standard InChI is InChI=1S/C26H27Cl2FN4O2/c1-15-13-33(14-16(2)32-15)26(34)18-5-3-17(4-6-18)19-11-23(25(30)31-12-19)35-10-9-20-21(27)7-8-22(28)24(20)29/h3-8,11-12,15-16,32H,9-10,13-14H2,1-2H3,(H2,30,31). The number of piperazine rings is 1. The number of aromatic nitrogens is 1. The second kappa shape index (κ2) is 10.8. The molecule has 1 fully saturated rings. The highest BCUT2D eigenvalue weighted by Gasteiger charge is 2.25. The van der Waals surface area contributed by atoms with Crippen molar-refractivity contribution in [3.63, 3.8) is 0 Å². The molecule has 9 heteroatoms. The fourth-order valence-corrected chi connectivity index (χ4v) is 4.69. The Morgan fingerprint density at radius 3 is 2.46 bits per heavy atom. The summed E-state index contributed by atoms with van der Waals surface area (Å²) in [6.07, 6.45) is 1.86. The van der Waals surface area contributed by atoms with Crippen LogP contribution in [-0.4, -0.2) is 47.6 Å². The summed E-state index contributed by atoms with van der Waals surface area (Å²) in [5.41, 5.74) is 8.56. The Hall–Kier alpha value is -2.87. The van der Waals surface area contributed by atoms with E-state index in [1.807, 2.05) is 29.2 Å². The monoisotopic (exact) mass is 516 g/mol. The summed E-state index contributed by atoms with van der Waals surface area (Å²) in [7, 11) is 0. The Bertz CT molecular complexity index is 1210. The topological polar surface area (TPSA) is 80.5 Å². The summed E-state index contributed by atoms with van der Waals surface area (Å²) in [5.74, 6) is 0.0651. The van der Waals surface area contributed by atoms with Crippen molar-refractivity contribution in [1.29, 1.82) is 0 Å². The predicted octanol–water partition coefficient (Wildman–Crippen LogP) is 5.22. The maximum absolute atomic E-state index is 14.3. The third-order valence-corrected chi connectivity index (χ3v) is 6.59. The lowest BCUT2D eigenvalue weighted by Gasteiger charge is -2.36. The van der Waals surface area contributed by atoms with Crippen LogP contribution in [-0.2, 0) is 6.42 Å². The number of amides is 1. The Balaban J connectivity index is 1.45. The van der Waals surface area contributed by atoms with Gasteiger partial charge in [-0.25, -0.2) is 9.37 Å². The molecule has 2 heterocycles. The SMILES string of the molecule is CC1CN(C(=O)c2ccc(-c3cnc(N)c(OCCc4c(Cl)ccc(Cl)c4F)c3)cc2)CC(C)N1. The molecule has 0 aliphatic carbocycles. The van der Waals surface area contributed by atoms with Gasteiger partial charge in [-0.2, -0.15) is 0 Å². The first-order chi connectivity index (χ1) is 16.7. The average molecular weight is 517 g/mol. The zero-order valence-corrected chi connectivity index (χ0v) is 21.0. The molecule has 35 heavy (non-hydrogen) atoms. The maximum atomic E-state index is 14.3. The van der Waals surface area contributed by atoms with Gasteiger partial charge in [0.1, 0.15) is 5.82 Å². The van der Waals surface area contributed by atoms with Gasteiger partial charge in [0.25, 0.3) is 5.91 Å². The molecule has 2 atom stereocenters. The molecule has 4 rings (SSSR count). The fraction of sp³-hybridized carbons (Fsp3) is 0.308. The first-order valence-corrected chi connectivity index (χ1v) is 12.1. The maximum Gasteiger partial charge on any atom is 0.253 e. The summed E-state index contributed by atoms with van der Waals surface area (Å²) in [6.45, 7) is 5.65. The van der Waals surface area contributed by atoms with Crippen LogP contribution in [0.15, 0.2) is 48.7 Å².